The molecule has 0 saturated heterocycles. The number of ketones is 1. The summed E-state index contributed by atoms with van der Waals surface area (Å²) < 4.78 is 22.5. The molecule has 3 atom stereocenters. The van der Waals surface area contributed by atoms with Gasteiger partial charge >= 0.3 is 5.97 Å². The molecule has 7 heteroatoms. The fourth-order valence-electron chi connectivity index (χ4n) is 4.87. The number of dihydropyridines is 1. The molecule has 186 valence electrons. The van der Waals surface area contributed by atoms with Gasteiger partial charge in [-0.1, -0.05) is 13.0 Å². The van der Waals surface area contributed by atoms with Crippen molar-refractivity contribution in [1.29, 1.82) is 0 Å². The van der Waals surface area contributed by atoms with Crippen molar-refractivity contribution in [3.63, 3.8) is 0 Å². The monoisotopic (exact) mass is 479 g/mol. The fraction of sp³-hybridized carbons (Fsp3) is 0.429. The lowest BCUT2D eigenvalue weighted by molar-refractivity contribution is -0.144. The number of carbonyl (C=O) groups is 2. The number of allylic oxidation sites excluding steroid dienone is 3. The van der Waals surface area contributed by atoms with Gasteiger partial charge in [-0.15, -0.1) is 0 Å². The minimum atomic E-state index is -0.602. The molecule has 0 spiro atoms. The summed E-state index contributed by atoms with van der Waals surface area (Å²) in [7, 11) is 3.20. The van der Waals surface area contributed by atoms with Crippen LogP contribution in [0.25, 0.3) is 0 Å². The number of esters is 1. The third-order valence-electron chi connectivity index (χ3n) is 6.86. The van der Waals surface area contributed by atoms with Crippen LogP contribution in [0.4, 0.5) is 0 Å². The highest BCUT2D eigenvalue weighted by Crippen LogP contribution is 2.46. The van der Waals surface area contributed by atoms with Gasteiger partial charge in [-0.25, -0.2) is 4.79 Å². The van der Waals surface area contributed by atoms with E-state index < -0.39 is 11.9 Å². The van der Waals surface area contributed by atoms with Gasteiger partial charge in [0.25, 0.3) is 0 Å². The number of methoxy groups -OCH3 is 2. The Hall–Kier alpha value is -3.48. The Bertz CT molecular complexity index is 1200. The molecule has 0 radical (unpaired) electrons. The number of benzene rings is 1. The lowest BCUT2D eigenvalue weighted by Crippen LogP contribution is -2.36. The van der Waals surface area contributed by atoms with Crippen LogP contribution in [0.5, 0.6) is 11.5 Å². The minimum Gasteiger partial charge on any atom is -0.493 e. The van der Waals surface area contributed by atoms with Crippen molar-refractivity contribution in [2.24, 2.45) is 0 Å². The van der Waals surface area contributed by atoms with Crippen LogP contribution in [-0.4, -0.2) is 32.1 Å². The number of hydrogen-bond donors (Lipinski definition) is 1. The maximum absolute atomic E-state index is 13.7. The molecule has 4 rings (SSSR count). The van der Waals surface area contributed by atoms with Crippen LogP contribution >= 0.6 is 0 Å². The summed E-state index contributed by atoms with van der Waals surface area (Å²) in [5, 5.41) is 3.37. The number of furan rings is 1. The Kier molecular flexibility index (Phi) is 7.05. The number of rotatable bonds is 7. The molecule has 1 aliphatic heterocycles. The first-order chi connectivity index (χ1) is 16.8. The maximum Gasteiger partial charge on any atom is 0.337 e. The molecular formula is C28H33NO6. The van der Waals surface area contributed by atoms with Crippen molar-refractivity contribution in [2.75, 3.05) is 14.2 Å². The molecule has 1 aromatic carbocycles. The summed E-state index contributed by atoms with van der Waals surface area (Å²) in [6.45, 7) is 7.53. The Morgan fingerprint density at radius 1 is 1.11 bits per heavy atom. The Labute approximate surface area is 206 Å². The normalized spacial score (nSPS) is 20.8. The quantitative estimate of drug-likeness (QED) is 0.539. The smallest absolute Gasteiger partial charge is 0.337 e. The highest BCUT2D eigenvalue weighted by atomic mass is 16.5. The molecule has 0 saturated carbocycles. The van der Waals surface area contributed by atoms with Crippen LogP contribution in [0.2, 0.25) is 0 Å². The molecule has 1 N–H and O–H groups in total. The number of carbonyl (C=O) groups excluding carboxylic acids is 2. The Morgan fingerprint density at radius 3 is 2.49 bits per heavy atom. The van der Waals surface area contributed by atoms with E-state index in [-0.39, 0.29) is 17.8 Å². The fourth-order valence-corrected chi connectivity index (χ4v) is 4.87. The third kappa shape index (κ3) is 4.72. The van der Waals surface area contributed by atoms with E-state index in [0.29, 0.717) is 53.4 Å². The summed E-state index contributed by atoms with van der Waals surface area (Å²) >= 11 is 0. The number of ether oxygens (including phenoxy) is 3. The number of nitrogens with one attached hydrogen (secondary N) is 1. The van der Waals surface area contributed by atoms with E-state index in [2.05, 4.69) is 5.32 Å². The van der Waals surface area contributed by atoms with Gasteiger partial charge in [0, 0.05) is 23.4 Å². The zero-order valence-electron chi connectivity index (χ0n) is 21.2. The molecule has 0 amide bonds. The third-order valence-corrected chi connectivity index (χ3v) is 6.86. The lowest BCUT2D eigenvalue weighted by Gasteiger charge is -2.36. The summed E-state index contributed by atoms with van der Waals surface area (Å²) in [6, 6.07) is 9.45. The number of Topliss-reactive ketones (excluding diaryl/α,β-unsaturated/α-hetero) is 1. The minimum absolute atomic E-state index is 0.0149. The molecule has 1 aliphatic carbocycles. The Morgan fingerprint density at radius 2 is 1.86 bits per heavy atom. The molecule has 2 heterocycles. The molecular weight excluding hydrogens is 446 g/mol. The SMILES string of the molecule is CC[C@@H](C)OC(=O)C1=C(C)NC2=C(C(=O)C[C@H](c3ccc(OC)c(OC)c3)C2)[C@@H]1c1ccc(C)o1. The first kappa shape index (κ1) is 24.6. The summed E-state index contributed by atoms with van der Waals surface area (Å²) in [6.07, 6.45) is 1.42. The van der Waals surface area contributed by atoms with Crippen molar-refractivity contribution in [3.05, 3.63) is 70.0 Å². The molecule has 35 heavy (non-hydrogen) atoms. The summed E-state index contributed by atoms with van der Waals surface area (Å²) in [5.74, 6) is 1.49. The topological polar surface area (TPSA) is 87.0 Å². The molecule has 0 bridgehead atoms. The maximum atomic E-state index is 13.7. The second kappa shape index (κ2) is 10.0. The molecule has 7 nitrogen and oxygen atoms in total. The number of hydrogen-bond acceptors (Lipinski definition) is 7. The van der Waals surface area contributed by atoms with Crippen molar-refractivity contribution in [1.82, 2.24) is 5.32 Å². The first-order valence-electron chi connectivity index (χ1n) is 12.0. The van der Waals surface area contributed by atoms with E-state index in [1.54, 1.807) is 14.2 Å². The van der Waals surface area contributed by atoms with E-state index in [4.69, 9.17) is 18.6 Å². The van der Waals surface area contributed by atoms with Crippen molar-refractivity contribution < 1.29 is 28.2 Å². The zero-order chi connectivity index (χ0) is 25.3. The first-order valence-corrected chi connectivity index (χ1v) is 12.0. The Balaban J connectivity index is 1.74. The average Bonchev–Trinajstić information content (AvgIpc) is 3.28. The molecule has 0 fully saturated rings. The van der Waals surface area contributed by atoms with Crippen LogP contribution in [0, 0.1) is 6.92 Å². The van der Waals surface area contributed by atoms with Gasteiger partial charge in [-0.3, -0.25) is 4.79 Å². The van der Waals surface area contributed by atoms with Crippen LogP contribution < -0.4 is 14.8 Å². The van der Waals surface area contributed by atoms with Gasteiger partial charge in [0.2, 0.25) is 0 Å². The average molecular weight is 480 g/mol. The predicted molar refractivity (Wildman–Crippen MR) is 131 cm³/mol. The lowest BCUT2D eigenvalue weighted by atomic mass is 9.73. The molecule has 2 aromatic rings. The largest absolute Gasteiger partial charge is 0.493 e. The highest BCUT2D eigenvalue weighted by Gasteiger charge is 2.43. The standard InChI is InChI=1S/C28H33NO6/c1-7-15(2)35-28(31)25-17(4)29-20-12-19(18-9-11-22(32-5)24(14-18)33-6)13-21(30)26(20)27(25)23-10-8-16(3)34-23/h8-11,14-15,19,27,29H,7,12-13H2,1-6H3/t15-,19-,27-/m1/s1. The van der Waals surface area contributed by atoms with Gasteiger partial charge in [0.15, 0.2) is 17.3 Å². The van der Waals surface area contributed by atoms with Gasteiger partial charge in [0.05, 0.1) is 31.8 Å². The summed E-state index contributed by atoms with van der Waals surface area (Å²) in [5.41, 5.74) is 3.50. The van der Waals surface area contributed by atoms with Gasteiger partial charge < -0.3 is 23.9 Å². The van der Waals surface area contributed by atoms with Crippen LogP contribution in [0.3, 0.4) is 0 Å². The van der Waals surface area contributed by atoms with Gasteiger partial charge in [0.1, 0.15) is 11.5 Å². The van der Waals surface area contributed by atoms with Crippen molar-refractivity contribution in [3.8, 4) is 11.5 Å². The summed E-state index contributed by atoms with van der Waals surface area (Å²) in [4.78, 5) is 26.9. The second-order valence-corrected chi connectivity index (χ2v) is 9.20. The van der Waals surface area contributed by atoms with Gasteiger partial charge in [-0.05, 0) is 69.4 Å². The zero-order valence-corrected chi connectivity index (χ0v) is 21.2. The number of aryl methyl sites for hydroxylation is 1. The van der Waals surface area contributed by atoms with Crippen molar-refractivity contribution in [2.45, 2.75) is 64.9 Å². The van der Waals surface area contributed by atoms with E-state index in [0.717, 1.165) is 17.0 Å². The second-order valence-electron chi connectivity index (χ2n) is 9.20. The van der Waals surface area contributed by atoms with E-state index in [9.17, 15) is 9.59 Å². The molecule has 2 aliphatic rings. The van der Waals surface area contributed by atoms with E-state index >= 15 is 0 Å². The van der Waals surface area contributed by atoms with Crippen molar-refractivity contribution >= 4 is 11.8 Å². The van der Waals surface area contributed by atoms with Crippen LogP contribution in [-0.2, 0) is 14.3 Å². The molecule has 0 unspecified atom stereocenters. The van der Waals surface area contributed by atoms with Gasteiger partial charge in [-0.2, -0.15) is 0 Å². The van der Waals surface area contributed by atoms with Crippen LogP contribution in [0.1, 0.15) is 69.0 Å². The van der Waals surface area contributed by atoms with Crippen LogP contribution in [0.15, 0.2) is 57.3 Å². The highest BCUT2D eigenvalue weighted by molar-refractivity contribution is 6.04. The molecule has 1 aromatic heterocycles. The van der Waals surface area contributed by atoms with E-state index in [1.807, 2.05) is 58.0 Å². The van der Waals surface area contributed by atoms with E-state index in [1.165, 1.54) is 0 Å². The predicted octanol–water partition coefficient (Wildman–Crippen LogP) is 5.31.